The number of nitrogens with zero attached hydrogens (tertiary/aromatic N) is 1. The van der Waals surface area contributed by atoms with Crippen LogP contribution in [-0.2, 0) is 32.7 Å². The van der Waals surface area contributed by atoms with E-state index in [1.807, 2.05) is 21.1 Å². The number of quaternary nitrogens is 1. The number of carbonyl (C=O) groups excluding carboxylic acids is 2. The predicted molar refractivity (Wildman–Crippen MR) is 241 cm³/mol. The molecular formula is C48H96NO8P. The second-order valence-electron chi connectivity index (χ2n) is 18.2. The molecule has 0 aliphatic heterocycles. The van der Waals surface area contributed by atoms with Crippen molar-refractivity contribution in [3.8, 4) is 0 Å². The van der Waals surface area contributed by atoms with Gasteiger partial charge in [-0.3, -0.25) is 14.2 Å². The van der Waals surface area contributed by atoms with E-state index in [1.165, 1.54) is 180 Å². The fourth-order valence-electron chi connectivity index (χ4n) is 7.25. The van der Waals surface area contributed by atoms with Crippen molar-refractivity contribution in [2.24, 2.45) is 0 Å². The fraction of sp³-hybridized carbons (Fsp3) is 0.958. The zero-order valence-corrected chi connectivity index (χ0v) is 39.9. The van der Waals surface area contributed by atoms with Crippen molar-refractivity contribution in [2.75, 3.05) is 47.5 Å². The molecule has 58 heavy (non-hydrogen) atoms. The third-order valence-corrected chi connectivity index (χ3v) is 12.1. The molecule has 9 nitrogen and oxygen atoms in total. The minimum Gasteiger partial charge on any atom is -0.756 e. The lowest BCUT2D eigenvalue weighted by Gasteiger charge is -2.28. The Morgan fingerprint density at radius 1 is 0.466 bits per heavy atom. The van der Waals surface area contributed by atoms with Gasteiger partial charge in [-0.2, -0.15) is 0 Å². The summed E-state index contributed by atoms with van der Waals surface area (Å²) in [6, 6.07) is 0. The number of hydrogen-bond acceptors (Lipinski definition) is 8. The van der Waals surface area contributed by atoms with E-state index in [1.54, 1.807) is 0 Å². The quantitative estimate of drug-likeness (QED) is 0.0258. The van der Waals surface area contributed by atoms with Gasteiger partial charge in [-0.05, 0) is 12.8 Å². The van der Waals surface area contributed by atoms with Crippen molar-refractivity contribution in [3.05, 3.63) is 0 Å². The molecule has 0 N–H and O–H groups in total. The summed E-state index contributed by atoms with van der Waals surface area (Å²) in [6.45, 7) is 4.27. The summed E-state index contributed by atoms with van der Waals surface area (Å²) in [5.74, 6) is -0.818. The van der Waals surface area contributed by atoms with E-state index in [0.29, 0.717) is 17.4 Å². The van der Waals surface area contributed by atoms with Gasteiger partial charge in [0.25, 0.3) is 7.82 Å². The van der Waals surface area contributed by atoms with Crippen LogP contribution < -0.4 is 4.89 Å². The molecule has 0 saturated heterocycles. The maximum Gasteiger partial charge on any atom is 0.306 e. The molecule has 10 heteroatoms. The topological polar surface area (TPSA) is 111 Å². The summed E-state index contributed by atoms with van der Waals surface area (Å²) in [4.78, 5) is 37.6. The maximum absolute atomic E-state index is 12.7. The first-order valence-electron chi connectivity index (χ1n) is 24.7. The summed E-state index contributed by atoms with van der Waals surface area (Å²) < 4.78 is 33.9. The monoisotopic (exact) mass is 846 g/mol. The molecule has 0 fully saturated rings. The lowest BCUT2D eigenvalue weighted by Crippen LogP contribution is -2.37. The number of likely N-dealkylation sites (N-methyl/N-ethyl adjacent to an activating group) is 1. The van der Waals surface area contributed by atoms with Crippen molar-refractivity contribution in [1.29, 1.82) is 0 Å². The molecular weight excluding hydrogens is 750 g/mol. The number of unbranched alkanes of at least 4 members (excludes halogenated alkanes) is 32. The third kappa shape index (κ3) is 44.6. The molecule has 0 spiro atoms. The first-order valence-corrected chi connectivity index (χ1v) is 26.2. The Kier molecular flexibility index (Phi) is 40.7. The van der Waals surface area contributed by atoms with Crippen molar-refractivity contribution in [3.63, 3.8) is 0 Å². The Bertz CT molecular complexity index is 958. The molecule has 0 aromatic carbocycles. The summed E-state index contributed by atoms with van der Waals surface area (Å²) in [6.07, 6.45) is 42.8. The summed E-state index contributed by atoms with van der Waals surface area (Å²) in [5.41, 5.74) is 0. The number of carbonyl (C=O) groups is 2. The third-order valence-electron chi connectivity index (χ3n) is 11.1. The second-order valence-corrected chi connectivity index (χ2v) is 19.6. The van der Waals surface area contributed by atoms with Gasteiger partial charge < -0.3 is 27.9 Å². The molecule has 0 aromatic heterocycles. The predicted octanol–water partition coefficient (Wildman–Crippen LogP) is 13.7. The van der Waals surface area contributed by atoms with Gasteiger partial charge in [-0.1, -0.05) is 219 Å². The van der Waals surface area contributed by atoms with Gasteiger partial charge in [0.05, 0.1) is 27.7 Å². The molecule has 346 valence electrons. The number of hydrogen-bond donors (Lipinski definition) is 0. The highest BCUT2D eigenvalue weighted by atomic mass is 31.2. The van der Waals surface area contributed by atoms with Crippen molar-refractivity contribution >= 4 is 19.8 Å². The molecule has 0 aromatic rings. The zero-order chi connectivity index (χ0) is 42.8. The lowest BCUT2D eigenvalue weighted by molar-refractivity contribution is -0.870. The van der Waals surface area contributed by atoms with Crippen molar-refractivity contribution in [1.82, 2.24) is 0 Å². The van der Waals surface area contributed by atoms with E-state index in [-0.39, 0.29) is 32.0 Å². The Balaban J connectivity index is 4.11. The number of phosphoric acid groups is 1. The molecule has 2 atom stereocenters. The van der Waals surface area contributed by atoms with Crippen LogP contribution in [0.25, 0.3) is 0 Å². The first kappa shape index (κ1) is 57.0. The molecule has 0 aliphatic carbocycles. The normalized spacial score (nSPS) is 13.4. The van der Waals surface area contributed by atoms with Crippen LogP contribution in [0.2, 0.25) is 0 Å². The number of ether oxygens (including phenoxy) is 2. The van der Waals surface area contributed by atoms with Crippen LogP contribution in [-0.4, -0.2) is 70.0 Å². The Labute approximate surface area is 359 Å². The van der Waals surface area contributed by atoms with Crippen LogP contribution in [0.3, 0.4) is 0 Å². The van der Waals surface area contributed by atoms with Gasteiger partial charge in [-0.15, -0.1) is 0 Å². The Morgan fingerprint density at radius 2 is 0.776 bits per heavy atom. The smallest absolute Gasteiger partial charge is 0.306 e. The second kappa shape index (κ2) is 41.4. The minimum absolute atomic E-state index is 0.0257. The molecule has 0 saturated carbocycles. The van der Waals surface area contributed by atoms with Crippen LogP contribution in [0, 0.1) is 0 Å². The first-order chi connectivity index (χ1) is 28.0. The van der Waals surface area contributed by atoms with E-state index in [2.05, 4.69) is 13.8 Å². The Hall–Kier alpha value is -0.990. The molecule has 0 amide bonds. The van der Waals surface area contributed by atoms with Crippen LogP contribution in [0.5, 0.6) is 0 Å². The Morgan fingerprint density at radius 3 is 1.10 bits per heavy atom. The standard InChI is InChI=1S/C48H96NO8P/c1-6-8-10-12-14-16-18-19-20-21-22-23-24-25-26-27-28-29-31-32-34-36-38-40-47(50)54-44-46(45-56-58(52,53)55-43-42-49(3,4)5)57-48(51)41-39-37-35-33-30-17-15-13-11-9-7-2/h46H,6-45H2,1-5H3. The summed E-state index contributed by atoms with van der Waals surface area (Å²) >= 11 is 0. The fourth-order valence-corrected chi connectivity index (χ4v) is 7.97. The largest absolute Gasteiger partial charge is 0.756 e. The number of rotatable bonds is 46. The number of phosphoric ester groups is 1. The van der Waals surface area contributed by atoms with Crippen LogP contribution in [0.1, 0.15) is 245 Å². The van der Waals surface area contributed by atoms with Gasteiger partial charge >= 0.3 is 11.9 Å². The van der Waals surface area contributed by atoms with Crippen molar-refractivity contribution in [2.45, 2.75) is 251 Å². The minimum atomic E-state index is -4.62. The van der Waals surface area contributed by atoms with E-state index in [9.17, 15) is 19.0 Å². The van der Waals surface area contributed by atoms with Crippen LogP contribution in [0.15, 0.2) is 0 Å². The maximum atomic E-state index is 12.7. The average molecular weight is 846 g/mol. The van der Waals surface area contributed by atoms with Gasteiger partial charge in [0.1, 0.15) is 19.8 Å². The molecule has 0 rings (SSSR count). The van der Waals surface area contributed by atoms with E-state index in [4.69, 9.17) is 18.5 Å². The lowest BCUT2D eigenvalue weighted by atomic mass is 10.0. The summed E-state index contributed by atoms with van der Waals surface area (Å²) in [5, 5.41) is 0. The highest BCUT2D eigenvalue weighted by Crippen LogP contribution is 2.38. The van der Waals surface area contributed by atoms with E-state index >= 15 is 0 Å². The molecule has 0 bridgehead atoms. The highest BCUT2D eigenvalue weighted by molar-refractivity contribution is 7.45. The van der Waals surface area contributed by atoms with Gasteiger partial charge in [0, 0.05) is 12.8 Å². The highest BCUT2D eigenvalue weighted by Gasteiger charge is 2.21. The van der Waals surface area contributed by atoms with Crippen LogP contribution >= 0.6 is 7.82 Å². The molecule has 0 heterocycles. The summed E-state index contributed by atoms with van der Waals surface area (Å²) in [7, 11) is 1.18. The van der Waals surface area contributed by atoms with Gasteiger partial charge in [0.15, 0.2) is 6.10 Å². The van der Waals surface area contributed by atoms with E-state index in [0.717, 1.165) is 32.1 Å². The number of esters is 2. The molecule has 0 radical (unpaired) electrons. The van der Waals surface area contributed by atoms with Crippen LogP contribution in [0.4, 0.5) is 0 Å². The molecule has 0 aliphatic rings. The molecule has 2 unspecified atom stereocenters. The average Bonchev–Trinajstić information content (AvgIpc) is 3.17. The van der Waals surface area contributed by atoms with Gasteiger partial charge in [-0.25, -0.2) is 0 Å². The zero-order valence-electron chi connectivity index (χ0n) is 39.0. The van der Waals surface area contributed by atoms with Crippen molar-refractivity contribution < 1.29 is 42.1 Å². The van der Waals surface area contributed by atoms with Gasteiger partial charge in [0.2, 0.25) is 0 Å². The van der Waals surface area contributed by atoms with E-state index < -0.39 is 26.5 Å². The SMILES string of the molecule is CCCCCCCCCCCCCCCCCCCCCCCCCC(=O)OCC(COP(=O)([O-])OCC[N+](C)(C)C)OC(=O)CCCCCCCCCCCCC.